The number of carbonyl (C=O) groups is 1. The second-order valence-electron chi connectivity index (χ2n) is 8.92. The molecule has 0 spiro atoms. The Bertz CT molecular complexity index is 566. The molecule has 1 unspecified atom stereocenters. The van der Waals surface area contributed by atoms with Crippen LogP contribution in [0.4, 0.5) is 0 Å². The minimum Gasteiger partial charge on any atom is -0.317 e. The summed E-state index contributed by atoms with van der Waals surface area (Å²) in [6, 6.07) is 6.37. The molecule has 0 aliphatic heterocycles. The summed E-state index contributed by atoms with van der Waals surface area (Å²) < 4.78 is 1.02. The number of rotatable bonds is 17. The molecule has 0 aliphatic carbocycles. The Balaban J connectivity index is 2.87. The van der Waals surface area contributed by atoms with E-state index in [1.807, 2.05) is 0 Å². The summed E-state index contributed by atoms with van der Waals surface area (Å²) in [6.45, 7) is 13.0. The first kappa shape index (κ1) is 26.4. The quantitative estimate of drug-likeness (QED) is 0.135. The molecule has 29 heavy (non-hydrogen) atoms. The summed E-state index contributed by atoms with van der Waals surface area (Å²) in [5.74, 6) is 0.426. The number of quaternary nitrogens is 1. The van der Waals surface area contributed by atoms with Crippen LogP contribution >= 0.6 is 15.9 Å². The van der Waals surface area contributed by atoms with Gasteiger partial charge in [-0.15, -0.1) is 0 Å². The first-order valence-electron chi connectivity index (χ1n) is 12.0. The Morgan fingerprint density at radius 2 is 1.38 bits per heavy atom. The molecule has 3 heteroatoms. The van der Waals surface area contributed by atoms with Crippen molar-refractivity contribution in [3.63, 3.8) is 0 Å². The van der Waals surface area contributed by atoms with E-state index < -0.39 is 0 Å². The smallest absolute Gasteiger partial charge is 0.191 e. The van der Waals surface area contributed by atoms with E-state index in [2.05, 4.69) is 61.8 Å². The van der Waals surface area contributed by atoms with Crippen LogP contribution in [0.5, 0.6) is 0 Å². The van der Waals surface area contributed by atoms with Crippen molar-refractivity contribution in [2.24, 2.45) is 0 Å². The van der Waals surface area contributed by atoms with Gasteiger partial charge >= 0.3 is 0 Å². The number of carbonyl (C=O) groups excluding carboxylic acids is 1. The lowest BCUT2D eigenvalue weighted by Gasteiger charge is -2.39. The van der Waals surface area contributed by atoms with Crippen LogP contribution in [0.1, 0.15) is 88.3 Å². The fourth-order valence-corrected chi connectivity index (χ4v) is 4.81. The van der Waals surface area contributed by atoms with Gasteiger partial charge in [-0.1, -0.05) is 67.2 Å². The van der Waals surface area contributed by atoms with E-state index in [9.17, 15) is 4.79 Å². The molecule has 1 aromatic carbocycles. The van der Waals surface area contributed by atoms with Crippen LogP contribution in [-0.4, -0.2) is 41.8 Å². The molecule has 0 amide bonds. The van der Waals surface area contributed by atoms with Gasteiger partial charge in [0.15, 0.2) is 5.78 Å². The number of alkyl halides is 1. The van der Waals surface area contributed by atoms with Crippen LogP contribution in [0.3, 0.4) is 0 Å². The SMILES string of the molecule is CCCCC[N+](CCCC)(CCCCCCBr)CC(=O)Cc1c(C)cccc1C. The van der Waals surface area contributed by atoms with Crippen molar-refractivity contribution in [3.8, 4) is 0 Å². The molecule has 2 nitrogen and oxygen atoms in total. The molecule has 0 saturated carbocycles. The predicted octanol–water partition coefficient (Wildman–Crippen LogP) is 7.18. The Kier molecular flexibility index (Phi) is 13.8. The number of unbranched alkanes of at least 4 members (excludes halogenated alkanes) is 6. The van der Waals surface area contributed by atoms with E-state index >= 15 is 0 Å². The third kappa shape index (κ3) is 10.3. The number of Topliss-reactive ketones (excluding diaryl/α,β-unsaturated/α-hetero) is 1. The van der Waals surface area contributed by atoms with Crippen molar-refractivity contribution in [2.45, 2.75) is 91.9 Å². The van der Waals surface area contributed by atoms with Gasteiger partial charge in [0.05, 0.1) is 19.6 Å². The highest BCUT2D eigenvalue weighted by molar-refractivity contribution is 9.09. The summed E-state index contributed by atoms with van der Waals surface area (Å²) >= 11 is 3.54. The van der Waals surface area contributed by atoms with E-state index in [0.29, 0.717) is 12.2 Å². The summed E-state index contributed by atoms with van der Waals surface area (Å²) in [7, 11) is 0. The largest absolute Gasteiger partial charge is 0.317 e. The molecule has 1 rings (SSSR count). The molecule has 1 aromatic rings. The topological polar surface area (TPSA) is 17.1 Å². The Hall–Kier alpha value is -0.670. The molecule has 0 N–H and O–H groups in total. The van der Waals surface area contributed by atoms with Crippen molar-refractivity contribution in [2.75, 3.05) is 31.5 Å². The number of hydrogen-bond acceptors (Lipinski definition) is 1. The number of halogens is 1. The van der Waals surface area contributed by atoms with Gasteiger partial charge in [0.2, 0.25) is 0 Å². The van der Waals surface area contributed by atoms with E-state index in [-0.39, 0.29) is 0 Å². The first-order valence-corrected chi connectivity index (χ1v) is 13.1. The first-order chi connectivity index (χ1) is 14.0. The van der Waals surface area contributed by atoms with Gasteiger partial charge < -0.3 is 4.48 Å². The maximum atomic E-state index is 13.2. The van der Waals surface area contributed by atoms with Gasteiger partial charge in [0.1, 0.15) is 6.54 Å². The molecule has 0 radical (unpaired) electrons. The second kappa shape index (κ2) is 15.2. The number of aryl methyl sites for hydroxylation is 2. The van der Waals surface area contributed by atoms with Crippen LogP contribution < -0.4 is 0 Å². The Morgan fingerprint density at radius 1 is 0.828 bits per heavy atom. The average molecular weight is 468 g/mol. The van der Waals surface area contributed by atoms with Crippen molar-refractivity contribution >= 4 is 21.7 Å². The van der Waals surface area contributed by atoms with Crippen LogP contribution in [0.15, 0.2) is 18.2 Å². The molecule has 166 valence electrons. The number of ketones is 1. The highest BCUT2D eigenvalue weighted by Crippen LogP contribution is 2.19. The monoisotopic (exact) mass is 466 g/mol. The van der Waals surface area contributed by atoms with Crippen molar-refractivity contribution < 1.29 is 9.28 Å². The highest BCUT2D eigenvalue weighted by atomic mass is 79.9. The molecule has 0 bridgehead atoms. The summed E-state index contributed by atoms with van der Waals surface area (Å²) in [6.07, 6.45) is 11.9. The third-order valence-corrected chi connectivity index (χ3v) is 6.83. The van der Waals surface area contributed by atoms with Gasteiger partial charge in [-0.2, -0.15) is 0 Å². The summed E-state index contributed by atoms with van der Waals surface area (Å²) in [5, 5.41) is 1.10. The minimum atomic E-state index is 0.426. The van der Waals surface area contributed by atoms with Crippen LogP contribution in [0, 0.1) is 13.8 Å². The predicted molar refractivity (Wildman–Crippen MR) is 131 cm³/mol. The van der Waals surface area contributed by atoms with Gasteiger partial charge in [0.25, 0.3) is 0 Å². The second-order valence-corrected chi connectivity index (χ2v) is 9.71. The molecular formula is C26H45BrNO+. The lowest BCUT2D eigenvalue weighted by Crippen LogP contribution is -2.53. The van der Waals surface area contributed by atoms with E-state index in [1.54, 1.807) is 0 Å². The molecule has 1 atom stereocenters. The third-order valence-electron chi connectivity index (χ3n) is 6.27. The maximum absolute atomic E-state index is 13.2. The molecule has 0 aliphatic rings. The average Bonchev–Trinajstić information content (AvgIpc) is 2.69. The van der Waals surface area contributed by atoms with Crippen molar-refractivity contribution in [3.05, 3.63) is 34.9 Å². The van der Waals surface area contributed by atoms with Gasteiger partial charge in [-0.3, -0.25) is 4.79 Å². The fourth-order valence-electron chi connectivity index (χ4n) is 4.41. The molecule has 0 saturated heterocycles. The Labute approximate surface area is 189 Å². The van der Waals surface area contributed by atoms with Crippen molar-refractivity contribution in [1.29, 1.82) is 0 Å². The summed E-state index contributed by atoms with van der Waals surface area (Å²) in [5.41, 5.74) is 3.76. The lowest BCUT2D eigenvalue weighted by atomic mass is 9.97. The van der Waals surface area contributed by atoms with E-state index in [1.165, 1.54) is 87.6 Å². The standard InChI is InChI=1S/C26H45BrNO/c1-5-7-12-19-28(18-8-6-2,20-13-10-9-11-17-27)22-25(29)21-26-23(3)15-14-16-24(26)4/h14-16H,5-13,17-22H2,1-4H3/q+1. The zero-order chi connectivity index (χ0) is 21.5. The zero-order valence-electron chi connectivity index (χ0n) is 19.6. The molecular weight excluding hydrogens is 422 g/mol. The summed E-state index contributed by atoms with van der Waals surface area (Å²) in [4.78, 5) is 13.2. The highest BCUT2D eigenvalue weighted by Gasteiger charge is 2.29. The van der Waals surface area contributed by atoms with E-state index in [4.69, 9.17) is 0 Å². The van der Waals surface area contributed by atoms with E-state index in [0.717, 1.165) is 22.9 Å². The molecule has 0 fully saturated rings. The van der Waals surface area contributed by atoms with Gasteiger partial charge in [-0.05, 0) is 69.1 Å². The Morgan fingerprint density at radius 3 is 1.97 bits per heavy atom. The van der Waals surface area contributed by atoms with Crippen molar-refractivity contribution in [1.82, 2.24) is 0 Å². The minimum absolute atomic E-state index is 0.426. The number of benzene rings is 1. The fraction of sp³-hybridized carbons (Fsp3) is 0.731. The van der Waals surface area contributed by atoms with Crippen LogP contribution in [-0.2, 0) is 11.2 Å². The normalized spacial score (nSPS) is 13.4. The number of nitrogens with zero attached hydrogens (tertiary/aromatic N) is 1. The molecule has 0 aromatic heterocycles. The van der Waals surface area contributed by atoms with Gasteiger partial charge in [0, 0.05) is 11.8 Å². The maximum Gasteiger partial charge on any atom is 0.191 e. The van der Waals surface area contributed by atoms with Gasteiger partial charge in [-0.25, -0.2) is 0 Å². The molecule has 0 heterocycles. The zero-order valence-corrected chi connectivity index (χ0v) is 21.2. The number of hydrogen-bond donors (Lipinski definition) is 0. The van der Waals surface area contributed by atoms with Crippen LogP contribution in [0.25, 0.3) is 0 Å². The lowest BCUT2D eigenvalue weighted by molar-refractivity contribution is -0.921. The van der Waals surface area contributed by atoms with Crippen LogP contribution in [0.2, 0.25) is 0 Å².